The van der Waals surface area contributed by atoms with Crippen LogP contribution in [-0.2, 0) is 0 Å². The fraction of sp³-hybridized carbons (Fsp3) is 0.278. The topological polar surface area (TPSA) is 66.6 Å². The molecule has 0 aliphatic heterocycles. The highest BCUT2D eigenvalue weighted by Crippen LogP contribution is 2.31. The van der Waals surface area contributed by atoms with E-state index in [1.54, 1.807) is 12.1 Å². The van der Waals surface area contributed by atoms with Gasteiger partial charge in [-0.1, -0.05) is 24.3 Å². The van der Waals surface area contributed by atoms with Crippen LogP contribution in [0.5, 0.6) is 0 Å². The average molecular weight is 298 g/mol. The molecular formula is C18H22N2O2. The van der Waals surface area contributed by atoms with Gasteiger partial charge in [-0.3, -0.25) is 0 Å². The molecule has 0 aromatic heterocycles. The maximum Gasteiger partial charge on any atom is 0.335 e. The lowest BCUT2D eigenvalue weighted by Gasteiger charge is -2.20. The first-order chi connectivity index (χ1) is 10.3. The molecule has 0 fully saturated rings. The molecule has 4 nitrogen and oxygen atoms in total. The van der Waals surface area contributed by atoms with Crippen molar-refractivity contribution in [3.8, 4) is 11.1 Å². The van der Waals surface area contributed by atoms with Crippen LogP contribution in [0.1, 0.15) is 34.5 Å². The van der Waals surface area contributed by atoms with E-state index in [0.29, 0.717) is 11.7 Å². The number of carboxylic acids is 1. The van der Waals surface area contributed by atoms with Crippen molar-refractivity contribution in [3.63, 3.8) is 0 Å². The maximum atomic E-state index is 11.2. The largest absolute Gasteiger partial charge is 0.478 e. The van der Waals surface area contributed by atoms with Crippen molar-refractivity contribution in [2.24, 2.45) is 0 Å². The Kier molecular flexibility index (Phi) is 4.52. The number of hydrogen-bond donors (Lipinski definition) is 2. The summed E-state index contributed by atoms with van der Waals surface area (Å²) in [6.45, 7) is 3.96. The highest BCUT2D eigenvalue weighted by molar-refractivity contribution is 5.92. The maximum absolute atomic E-state index is 11.2. The molecule has 116 valence electrons. The van der Waals surface area contributed by atoms with Crippen LogP contribution in [0.3, 0.4) is 0 Å². The molecule has 22 heavy (non-hydrogen) atoms. The minimum absolute atomic E-state index is 0.257. The van der Waals surface area contributed by atoms with Crippen molar-refractivity contribution < 1.29 is 9.90 Å². The summed E-state index contributed by atoms with van der Waals surface area (Å²) in [5.74, 6) is -0.942. The summed E-state index contributed by atoms with van der Waals surface area (Å²) in [6.07, 6.45) is 0. The van der Waals surface area contributed by atoms with E-state index in [1.165, 1.54) is 5.56 Å². The second kappa shape index (κ2) is 6.20. The van der Waals surface area contributed by atoms with Gasteiger partial charge in [-0.15, -0.1) is 0 Å². The first kappa shape index (κ1) is 16.0. The third kappa shape index (κ3) is 3.12. The van der Waals surface area contributed by atoms with Crippen molar-refractivity contribution in [2.75, 3.05) is 19.8 Å². The summed E-state index contributed by atoms with van der Waals surface area (Å²) in [5, 5.41) is 9.20. The van der Waals surface area contributed by atoms with Crippen LogP contribution in [0, 0.1) is 6.92 Å². The average Bonchev–Trinajstić information content (AvgIpc) is 2.49. The van der Waals surface area contributed by atoms with Crippen molar-refractivity contribution in [3.05, 3.63) is 53.1 Å². The Balaban J connectivity index is 2.46. The van der Waals surface area contributed by atoms with E-state index >= 15 is 0 Å². The van der Waals surface area contributed by atoms with Gasteiger partial charge >= 0.3 is 5.97 Å². The van der Waals surface area contributed by atoms with Crippen LogP contribution >= 0.6 is 0 Å². The van der Waals surface area contributed by atoms with Crippen LogP contribution in [-0.4, -0.2) is 30.1 Å². The summed E-state index contributed by atoms with van der Waals surface area (Å²) >= 11 is 0. The lowest BCUT2D eigenvalue weighted by atomic mass is 9.96. The molecule has 0 spiro atoms. The second-order valence-corrected chi connectivity index (χ2v) is 5.82. The number of benzene rings is 2. The number of hydrogen-bond acceptors (Lipinski definition) is 3. The van der Waals surface area contributed by atoms with Crippen LogP contribution in [0.25, 0.3) is 11.1 Å². The van der Waals surface area contributed by atoms with Gasteiger partial charge in [-0.05, 0) is 56.8 Å². The van der Waals surface area contributed by atoms with Gasteiger partial charge in [0.25, 0.3) is 0 Å². The zero-order valence-electron chi connectivity index (χ0n) is 13.4. The standard InChI is InChI=1S/C18H22N2O2/c1-11-9-15(18(21)22)10-16(17(11)19)14-7-5-13(6-8-14)12(2)20(3)4/h5-10,12H,19H2,1-4H3,(H,21,22). The SMILES string of the molecule is Cc1cc(C(=O)O)cc(-c2ccc(C(C)N(C)C)cc2)c1N. The molecule has 0 heterocycles. The van der Waals surface area contributed by atoms with Gasteiger partial charge in [0.05, 0.1) is 5.56 Å². The first-order valence-electron chi connectivity index (χ1n) is 7.21. The molecule has 4 heteroatoms. The van der Waals surface area contributed by atoms with E-state index in [2.05, 4.69) is 24.0 Å². The third-order valence-corrected chi connectivity index (χ3v) is 4.11. The number of nitrogens with zero attached hydrogens (tertiary/aromatic N) is 1. The van der Waals surface area contributed by atoms with Gasteiger partial charge in [0.15, 0.2) is 0 Å². The molecule has 3 N–H and O–H groups in total. The van der Waals surface area contributed by atoms with E-state index in [9.17, 15) is 9.90 Å². The molecule has 0 bridgehead atoms. The Morgan fingerprint density at radius 2 is 1.77 bits per heavy atom. The Labute approximate surface area is 131 Å². The molecule has 0 aliphatic carbocycles. The number of nitrogen functional groups attached to an aromatic ring is 1. The number of carbonyl (C=O) groups is 1. The Bertz CT molecular complexity index is 691. The van der Waals surface area contributed by atoms with Gasteiger partial charge in [-0.2, -0.15) is 0 Å². The zero-order valence-corrected chi connectivity index (χ0v) is 13.4. The van der Waals surface area contributed by atoms with E-state index in [1.807, 2.05) is 33.2 Å². The number of aryl methyl sites for hydroxylation is 1. The van der Waals surface area contributed by atoms with E-state index in [-0.39, 0.29) is 5.56 Å². The number of carboxylic acid groups (broad SMARTS) is 1. The van der Waals surface area contributed by atoms with Crippen LogP contribution in [0.15, 0.2) is 36.4 Å². The summed E-state index contributed by atoms with van der Waals surface area (Å²) in [5.41, 5.74) is 10.7. The molecule has 0 radical (unpaired) electrons. The van der Waals surface area contributed by atoms with Crippen LogP contribution < -0.4 is 5.73 Å². The molecule has 0 aliphatic rings. The minimum Gasteiger partial charge on any atom is -0.478 e. The Morgan fingerprint density at radius 1 is 1.18 bits per heavy atom. The first-order valence-corrected chi connectivity index (χ1v) is 7.21. The quantitative estimate of drug-likeness (QED) is 0.847. The molecule has 1 atom stereocenters. The molecule has 2 rings (SSSR count). The second-order valence-electron chi connectivity index (χ2n) is 5.82. The van der Waals surface area contributed by atoms with E-state index in [4.69, 9.17) is 5.73 Å². The van der Waals surface area contributed by atoms with Gasteiger partial charge in [0.2, 0.25) is 0 Å². The van der Waals surface area contributed by atoms with Gasteiger partial charge in [0.1, 0.15) is 0 Å². The Hall–Kier alpha value is -2.33. The molecule has 2 aromatic rings. The highest BCUT2D eigenvalue weighted by atomic mass is 16.4. The Morgan fingerprint density at radius 3 is 2.27 bits per heavy atom. The third-order valence-electron chi connectivity index (χ3n) is 4.11. The molecule has 0 saturated heterocycles. The molecular weight excluding hydrogens is 276 g/mol. The van der Waals surface area contributed by atoms with Crippen molar-refractivity contribution in [1.29, 1.82) is 0 Å². The van der Waals surface area contributed by atoms with Gasteiger partial charge in [-0.25, -0.2) is 4.79 Å². The van der Waals surface area contributed by atoms with Crippen molar-refractivity contribution >= 4 is 11.7 Å². The summed E-state index contributed by atoms with van der Waals surface area (Å²) in [7, 11) is 4.08. The molecule has 2 aromatic carbocycles. The molecule has 0 saturated carbocycles. The van der Waals surface area contributed by atoms with Gasteiger partial charge in [0, 0.05) is 17.3 Å². The van der Waals surface area contributed by atoms with Crippen LogP contribution in [0.2, 0.25) is 0 Å². The van der Waals surface area contributed by atoms with Gasteiger partial charge < -0.3 is 15.7 Å². The van der Waals surface area contributed by atoms with Crippen LogP contribution in [0.4, 0.5) is 5.69 Å². The minimum atomic E-state index is -0.942. The smallest absolute Gasteiger partial charge is 0.335 e. The lowest BCUT2D eigenvalue weighted by Crippen LogP contribution is -2.16. The predicted molar refractivity (Wildman–Crippen MR) is 90.1 cm³/mol. The lowest BCUT2D eigenvalue weighted by molar-refractivity contribution is 0.0697. The highest BCUT2D eigenvalue weighted by Gasteiger charge is 2.13. The van der Waals surface area contributed by atoms with Crippen molar-refractivity contribution in [1.82, 2.24) is 4.90 Å². The number of nitrogens with two attached hydrogens (primary N) is 1. The normalized spacial score (nSPS) is 12.4. The zero-order chi connectivity index (χ0) is 16.4. The fourth-order valence-electron chi connectivity index (χ4n) is 2.40. The summed E-state index contributed by atoms with van der Waals surface area (Å²) < 4.78 is 0. The monoisotopic (exact) mass is 298 g/mol. The molecule has 1 unspecified atom stereocenters. The summed E-state index contributed by atoms with van der Waals surface area (Å²) in [4.78, 5) is 13.4. The van der Waals surface area contributed by atoms with E-state index < -0.39 is 5.97 Å². The molecule has 0 amide bonds. The number of rotatable bonds is 4. The predicted octanol–water partition coefficient (Wildman–Crippen LogP) is 3.57. The summed E-state index contributed by atoms with van der Waals surface area (Å²) in [6, 6.07) is 11.7. The fourth-order valence-corrected chi connectivity index (χ4v) is 2.40. The number of anilines is 1. The van der Waals surface area contributed by atoms with Crippen molar-refractivity contribution in [2.45, 2.75) is 19.9 Å². The van der Waals surface area contributed by atoms with E-state index in [0.717, 1.165) is 16.7 Å². The number of aromatic carboxylic acids is 1.